The predicted molar refractivity (Wildman–Crippen MR) is 118 cm³/mol. The van der Waals surface area contributed by atoms with Gasteiger partial charge in [0.25, 0.3) is 0 Å². The average molecular weight is 395 g/mol. The van der Waals surface area contributed by atoms with Crippen LogP contribution >= 0.6 is 0 Å². The third-order valence-electron chi connectivity index (χ3n) is 6.35. The minimum absolute atomic E-state index is 0.498. The fourth-order valence-electron chi connectivity index (χ4n) is 4.69. The summed E-state index contributed by atoms with van der Waals surface area (Å²) in [7, 11) is 1.86. The number of nitrogens with one attached hydrogen (secondary N) is 2. The van der Waals surface area contributed by atoms with Crippen molar-refractivity contribution in [1.29, 1.82) is 0 Å². The van der Waals surface area contributed by atoms with Gasteiger partial charge in [0, 0.05) is 57.7 Å². The highest BCUT2D eigenvalue weighted by Crippen LogP contribution is 2.26. The number of hydrogen-bond donors (Lipinski definition) is 2. The Bertz CT molecular complexity index is 820. The van der Waals surface area contributed by atoms with E-state index >= 15 is 0 Å². The Balaban J connectivity index is 1.27. The van der Waals surface area contributed by atoms with Crippen molar-refractivity contribution < 1.29 is 0 Å². The van der Waals surface area contributed by atoms with Crippen LogP contribution in [0.1, 0.15) is 49.1 Å². The van der Waals surface area contributed by atoms with Crippen LogP contribution in [0.3, 0.4) is 0 Å². The lowest BCUT2D eigenvalue weighted by Gasteiger charge is -2.24. The number of aryl methyl sites for hydroxylation is 1. The van der Waals surface area contributed by atoms with Gasteiger partial charge in [0.15, 0.2) is 5.96 Å². The van der Waals surface area contributed by atoms with Crippen LogP contribution < -0.4 is 10.6 Å². The molecule has 6 nitrogen and oxygen atoms in total. The summed E-state index contributed by atoms with van der Waals surface area (Å²) in [6.07, 6.45) is 10.7. The third kappa shape index (κ3) is 5.18. The number of aromatic nitrogens is 2. The van der Waals surface area contributed by atoms with Gasteiger partial charge in [0.2, 0.25) is 0 Å². The highest BCUT2D eigenvalue weighted by molar-refractivity contribution is 5.80. The SMILES string of the molecule is CN=C(NCc1cccc(Cn2ccnc2C)c1)NC1CCN(C2CCCC2)C1. The molecular formula is C23H34N6. The van der Waals surface area contributed by atoms with Crippen molar-refractivity contribution in [1.82, 2.24) is 25.1 Å². The average Bonchev–Trinajstić information content (AvgIpc) is 3.48. The van der Waals surface area contributed by atoms with Gasteiger partial charge in [-0.05, 0) is 37.3 Å². The molecule has 0 bridgehead atoms. The van der Waals surface area contributed by atoms with Gasteiger partial charge in [0.05, 0.1) is 0 Å². The molecule has 0 radical (unpaired) electrons. The van der Waals surface area contributed by atoms with Crippen LogP contribution in [0.25, 0.3) is 0 Å². The van der Waals surface area contributed by atoms with E-state index in [1.165, 1.54) is 49.8 Å². The van der Waals surface area contributed by atoms with Crippen molar-refractivity contribution in [2.24, 2.45) is 4.99 Å². The summed E-state index contributed by atoms with van der Waals surface area (Å²) in [6.45, 7) is 6.03. The Kier molecular flexibility index (Phi) is 6.49. The van der Waals surface area contributed by atoms with Gasteiger partial charge < -0.3 is 15.2 Å². The van der Waals surface area contributed by atoms with Gasteiger partial charge in [-0.15, -0.1) is 0 Å². The summed E-state index contributed by atoms with van der Waals surface area (Å²) in [4.78, 5) is 11.4. The van der Waals surface area contributed by atoms with E-state index in [1.54, 1.807) is 0 Å². The quantitative estimate of drug-likeness (QED) is 0.584. The van der Waals surface area contributed by atoms with E-state index in [0.29, 0.717) is 6.04 Å². The summed E-state index contributed by atoms with van der Waals surface area (Å²) in [5.74, 6) is 1.94. The zero-order valence-electron chi connectivity index (χ0n) is 17.8. The Morgan fingerprint density at radius 1 is 1.21 bits per heavy atom. The number of guanidine groups is 1. The van der Waals surface area contributed by atoms with E-state index in [1.807, 2.05) is 26.4 Å². The van der Waals surface area contributed by atoms with Crippen LogP contribution in [-0.4, -0.2) is 52.6 Å². The lowest BCUT2D eigenvalue weighted by atomic mass is 10.1. The monoisotopic (exact) mass is 394 g/mol. The first-order valence-electron chi connectivity index (χ1n) is 11.0. The van der Waals surface area contributed by atoms with E-state index < -0.39 is 0 Å². The molecule has 1 saturated carbocycles. The second kappa shape index (κ2) is 9.44. The van der Waals surface area contributed by atoms with Gasteiger partial charge >= 0.3 is 0 Å². The highest BCUT2D eigenvalue weighted by Gasteiger charge is 2.30. The molecule has 1 aromatic carbocycles. The predicted octanol–water partition coefficient (Wildman–Crippen LogP) is 2.92. The van der Waals surface area contributed by atoms with Crippen molar-refractivity contribution in [2.75, 3.05) is 20.1 Å². The molecule has 4 rings (SSSR count). The summed E-state index contributed by atoms with van der Waals surface area (Å²) in [5, 5.41) is 7.13. The lowest BCUT2D eigenvalue weighted by molar-refractivity contribution is 0.242. The van der Waals surface area contributed by atoms with Crippen molar-refractivity contribution in [3.63, 3.8) is 0 Å². The number of rotatable bonds is 6. The largest absolute Gasteiger partial charge is 0.352 e. The van der Waals surface area contributed by atoms with Crippen molar-refractivity contribution in [2.45, 2.75) is 64.2 Å². The Labute approximate surface area is 174 Å². The molecule has 1 atom stereocenters. The molecule has 0 spiro atoms. The number of imidazole rings is 1. The zero-order chi connectivity index (χ0) is 20.1. The molecule has 1 aliphatic heterocycles. The van der Waals surface area contributed by atoms with Gasteiger partial charge in [-0.1, -0.05) is 37.1 Å². The normalized spacial score (nSPS) is 21.0. The van der Waals surface area contributed by atoms with E-state index in [-0.39, 0.29) is 0 Å². The number of likely N-dealkylation sites (tertiary alicyclic amines) is 1. The molecule has 1 saturated heterocycles. The number of nitrogens with zero attached hydrogens (tertiary/aromatic N) is 4. The van der Waals surface area contributed by atoms with E-state index in [2.05, 4.69) is 54.3 Å². The minimum Gasteiger partial charge on any atom is -0.352 e. The molecule has 2 aromatic rings. The van der Waals surface area contributed by atoms with Crippen molar-refractivity contribution in [3.05, 3.63) is 53.6 Å². The van der Waals surface area contributed by atoms with Gasteiger partial charge in [-0.3, -0.25) is 9.89 Å². The standard InChI is InChI=1S/C23H34N6/c1-18-25-11-13-28(18)16-20-7-5-6-19(14-20)15-26-23(24-2)27-21-10-12-29(17-21)22-8-3-4-9-22/h5-7,11,13-14,21-22H,3-4,8-10,12,15-17H2,1-2H3,(H2,24,26,27). The van der Waals surface area contributed by atoms with Crippen LogP contribution in [0.15, 0.2) is 41.7 Å². The van der Waals surface area contributed by atoms with Crippen LogP contribution in [-0.2, 0) is 13.1 Å². The molecule has 1 aliphatic carbocycles. The van der Waals surface area contributed by atoms with E-state index in [4.69, 9.17) is 0 Å². The molecule has 1 aromatic heterocycles. The summed E-state index contributed by atoms with van der Waals surface area (Å²) in [5.41, 5.74) is 2.55. The lowest BCUT2D eigenvalue weighted by Crippen LogP contribution is -2.45. The number of aliphatic imine (C=N–C) groups is 1. The second-order valence-electron chi connectivity index (χ2n) is 8.41. The molecular weight excluding hydrogens is 360 g/mol. The van der Waals surface area contributed by atoms with E-state index in [9.17, 15) is 0 Å². The Hall–Kier alpha value is -2.34. The van der Waals surface area contributed by atoms with Crippen molar-refractivity contribution in [3.8, 4) is 0 Å². The van der Waals surface area contributed by atoms with Crippen LogP contribution in [0.4, 0.5) is 0 Å². The van der Waals surface area contributed by atoms with Gasteiger partial charge in [-0.2, -0.15) is 0 Å². The molecule has 0 amide bonds. The van der Waals surface area contributed by atoms with Gasteiger partial charge in [0.1, 0.15) is 5.82 Å². The summed E-state index contributed by atoms with van der Waals surface area (Å²) in [6, 6.07) is 10.0. The molecule has 2 N–H and O–H groups in total. The fraction of sp³-hybridized carbons (Fsp3) is 0.565. The molecule has 156 valence electrons. The number of benzene rings is 1. The molecule has 6 heteroatoms. The Morgan fingerprint density at radius 2 is 2.03 bits per heavy atom. The zero-order valence-corrected chi connectivity index (χ0v) is 17.8. The van der Waals surface area contributed by atoms with Crippen LogP contribution in [0.5, 0.6) is 0 Å². The van der Waals surface area contributed by atoms with E-state index in [0.717, 1.165) is 37.5 Å². The molecule has 1 unspecified atom stereocenters. The fourth-order valence-corrected chi connectivity index (χ4v) is 4.69. The highest BCUT2D eigenvalue weighted by atomic mass is 15.3. The molecule has 2 aliphatic rings. The summed E-state index contributed by atoms with van der Waals surface area (Å²) >= 11 is 0. The molecule has 29 heavy (non-hydrogen) atoms. The first-order valence-corrected chi connectivity index (χ1v) is 11.0. The molecule has 2 heterocycles. The smallest absolute Gasteiger partial charge is 0.191 e. The molecule has 2 fully saturated rings. The first kappa shape index (κ1) is 20.0. The maximum absolute atomic E-state index is 4.45. The maximum Gasteiger partial charge on any atom is 0.191 e. The second-order valence-corrected chi connectivity index (χ2v) is 8.41. The van der Waals surface area contributed by atoms with Gasteiger partial charge in [-0.25, -0.2) is 4.98 Å². The van der Waals surface area contributed by atoms with Crippen LogP contribution in [0.2, 0.25) is 0 Å². The van der Waals surface area contributed by atoms with Crippen molar-refractivity contribution >= 4 is 5.96 Å². The minimum atomic E-state index is 0.498. The topological polar surface area (TPSA) is 57.5 Å². The maximum atomic E-state index is 4.45. The van der Waals surface area contributed by atoms with Crippen LogP contribution in [0, 0.1) is 6.92 Å². The third-order valence-corrected chi connectivity index (χ3v) is 6.35. The number of hydrogen-bond acceptors (Lipinski definition) is 3. The summed E-state index contributed by atoms with van der Waals surface area (Å²) < 4.78 is 2.17. The first-order chi connectivity index (χ1) is 14.2. The Morgan fingerprint density at radius 3 is 2.79 bits per heavy atom.